The van der Waals surface area contributed by atoms with Gasteiger partial charge in [-0.3, -0.25) is 24.0 Å². The molecule has 0 spiro atoms. The van der Waals surface area contributed by atoms with Crippen molar-refractivity contribution >= 4 is 56.4 Å². The van der Waals surface area contributed by atoms with E-state index in [-0.39, 0.29) is 46.9 Å². The van der Waals surface area contributed by atoms with Crippen LogP contribution in [0.1, 0.15) is 50.2 Å². The number of halogens is 2. The van der Waals surface area contributed by atoms with E-state index in [4.69, 9.17) is 27.9 Å². The lowest BCUT2D eigenvalue weighted by molar-refractivity contribution is -0.385. The maximum atomic E-state index is 14.4. The first-order chi connectivity index (χ1) is 21.9. The summed E-state index contributed by atoms with van der Waals surface area (Å²) in [4.78, 5) is 40.0. The molecule has 246 valence electrons. The van der Waals surface area contributed by atoms with Crippen molar-refractivity contribution in [3.8, 4) is 5.75 Å². The molecule has 0 aliphatic heterocycles. The first kappa shape index (κ1) is 35.0. The Hall–Kier alpha value is -3.87. The van der Waals surface area contributed by atoms with Gasteiger partial charge >= 0.3 is 0 Å². The van der Waals surface area contributed by atoms with E-state index in [1.165, 1.54) is 49.3 Å². The number of hydrogen-bond donors (Lipinski definition) is 1. The molecule has 46 heavy (non-hydrogen) atoms. The average molecular weight is 692 g/mol. The number of anilines is 1. The summed E-state index contributed by atoms with van der Waals surface area (Å²) in [5.41, 5.74) is 0.360. The Morgan fingerprint density at radius 3 is 2.41 bits per heavy atom. The van der Waals surface area contributed by atoms with Crippen molar-refractivity contribution in [1.29, 1.82) is 0 Å². The van der Waals surface area contributed by atoms with E-state index < -0.39 is 44.0 Å². The fraction of sp³-hybridized carbons (Fsp3) is 0.375. The number of aryl methyl sites for hydroxylation is 1. The molecule has 11 nitrogen and oxygen atoms in total. The van der Waals surface area contributed by atoms with Gasteiger partial charge in [0.2, 0.25) is 11.8 Å². The topological polar surface area (TPSA) is 139 Å². The lowest BCUT2D eigenvalue weighted by Crippen LogP contribution is -2.53. The van der Waals surface area contributed by atoms with Gasteiger partial charge in [-0.15, -0.1) is 0 Å². The van der Waals surface area contributed by atoms with E-state index in [0.717, 1.165) is 36.1 Å². The first-order valence-electron chi connectivity index (χ1n) is 14.8. The maximum absolute atomic E-state index is 14.4. The van der Waals surface area contributed by atoms with Crippen LogP contribution in [0.5, 0.6) is 5.75 Å². The molecular weight excluding hydrogens is 655 g/mol. The van der Waals surface area contributed by atoms with Crippen LogP contribution in [-0.4, -0.2) is 55.8 Å². The molecule has 1 fully saturated rings. The van der Waals surface area contributed by atoms with Crippen LogP contribution < -0.4 is 14.4 Å². The van der Waals surface area contributed by atoms with Gasteiger partial charge in [0, 0.05) is 34.3 Å². The second-order valence-corrected chi connectivity index (χ2v) is 13.8. The van der Waals surface area contributed by atoms with E-state index >= 15 is 0 Å². The highest BCUT2D eigenvalue weighted by molar-refractivity contribution is 7.92. The van der Waals surface area contributed by atoms with E-state index in [1.54, 1.807) is 31.2 Å². The molecule has 1 saturated carbocycles. The van der Waals surface area contributed by atoms with Crippen LogP contribution in [0, 0.1) is 17.0 Å². The van der Waals surface area contributed by atoms with Gasteiger partial charge < -0.3 is 15.0 Å². The molecule has 1 atom stereocenters. The number of nitrogens with zero attached hydrogens (tertiary/aromatic N) is 3. The molecule has 3 aromatic carbocycles. The van der Waals surface area contributed by atoms with Crippen molar-refractivity contribution in [3.63, 3.8) is 0 Å². The summed E-state index contributed by atoms with van der Waals surface area (Å²) in [5.74, 6) is -0.967. The van der Waals surface area contributed by atoms with Crippen LogP contribution in [0.3, 0.4) is 0 Å². The number of carbonyl (C=O) groups excluding carboxylic acids is 2. The van der Waals surface area contributed by atoms with E-state index in [1.807, 2.05) is 0 Å². The third-order valence-electron chi connectivity index (χ3n) is 8.04. The lowest BCUT2D eigenvalue weighted by Gasteiger charge is -2.34. The van der Waals surface area contributed by atoms with Crippen LogP contribution in [0.2, 0.25) is 10.0 Å². The molecular formula is C32H36Cl2N4O7S. The minimum atomic E-state index is -4.64. The minimum Gasteiger partial charge on any atom is -0.495 e. The zero-order valence-corrected chi connectivity index (χ0v) is 28.1. The van der Waals surface area contributed by atoms with Crippen molar-refractivity contribution in [2.45, 2.75) is 69.5 Å². The minimum absolute atomic E-state index is 0.0104. The smallest absolute Gasteiger partial charge is 0.273 e. The van der Waals surface area contributed by atoms with E-state index in [9.17, 15) is 28.1 Å². The van der Waals surface area contributed by atoms with Crippen molar-refractivity contribution in [1.82, 2.24) is 10.2 Å². The lowest BCUT2D eigenvalue weighted by atomic mass is 10.1. The molecule has 4 rings (SSSR count). The average Bonchev–Trinajstić information content (AvgIpc) is 3.53. The number of carbonyl (C=O) groups is 2. The fourth-order valence-corrected chi connectivity index (χ4v) is 7.34. The number of hydrogen-bond acceptors (Lipinski definition) is 7. The summed E-state index contributed by atoms with van der Waals surface area (Å²) in [5, 5.41) is 15.3. The van der Waals surface area contributed by atoms with Gasteiger partial charge in [0.05, 0.1) is 22.6 Å². The molecule has 0 radical (unpaired) electrons. The molecule has 1 aliphatic carbocycles. The summed E-state index contributed by atoms with van der Waals surface area (Å²) in [6, 6.07) is 13.7. The summed E-state index contributed by atoms with van der Waals surface area (Å²) in [6.07, 6.45) is 3.91. The summed E-state index contributed by atoms with van der Waals surface area (Å²) in [7, 11) is -3.31. The van der Waals surface area contributed by atoms with Gasteiger partial charge in [-0.1, -0.05) is 67.2 Å². The van der Waals surface area contributed by atoms with Crippen LogP contribution >= 0.6 is 23.2 Å². The largest absolute Gasteiger partial charge is 0.495 e. The number of methoxy groups -OCH3 is 1. The van der Waals surface area contributed by atoms with Crippen molar-refractivity contribution < 1.29 is 27.7 Å². The number of nitrogens with one attached hydrogen (secondary N) is 1. The third-order valence-corrected chi connectivity index (χ3v) is 10.4. The van der Waals surface area contributed by atoms with Gasteiger partial charge in [0.15, 0.2) is 0 Å². The number of nitro benzene ring substituents is 1. The predicted octanol–water partition coefficient (Wildman–Crippen LogP) is 6.28. The van der Waals surface area contributed by atoms with Crippen LogP contribution in [0.4, 0.5) is 11.4 Å². The van der Waals surface area contributed by atoms with Crippen LogP contribution in [0.25, 0.3) is 0 Å². The second-order valence-electron chi connectivity index (χ2n) is 11.1. The number of amides is 2. The molecule has 14 heteroatoms. The zero-order valence-electron chi connectivity index (χ0n) is 25.7. The number of nitro groups is 1. The Labute approximate surface area is 278 Å². The van der Waals surface area contributed by atoms with E-state index in [0.29, 0.717) is 10.6 Å². The Morgan fingerprint density at radius 2 is 1.78 bits per heavy atom. The molecule has 0 aromatic heterocycles. The molecule has 0 heterocycles. The highest BCUT2D eigenvalue weighted by Crippen LogP contribution is 2.36. The Morgan fingerprint density at radius 1 is 1.09 bits per heavy atom. The number of rotatable bonds is 13. The molecule has 2 amide bonds. The Balaban J connectivity index is 1.82. The number of ether oxygens (including phenoxy) is 1. The quantitative estimate of drug-likeness (QED) is 0.164. The van der Waals surface area contributed by atoms with Crippen LogP contribution in [0.15, 0.2) is 65.6 Å². The van der Waals surface area contributed by atoms with Crippen molar-refractivity contribution in [2.24, 2.45) is 0 Å². The Kier molecular flexibility index (Phi) is 11.5. The monoisotopic (exact) mass is 690 g/mol. The first-order valence-corrected chi connectivity index (χ1v) is 17.0. The van der Waals surface area contributed by atoms with Gasteiger partial charge in [0.1, 0.15) is 18.3 Å². The molecule has 1 aliphatic rings. The zero-order chi connectivity index (χ0) is 33.6. The normalized spacial score (nSPS) is 14.0. The second kappa shape index (κ2) is 15.1. The predicted molar refractivity (Wildman–Crippen MR) is 177 cm³/mol. The fourth-order valence-electron chi connectivity index (χ4n) is 5.54. The Bertz CT molecular complexity index is 1710. The summed E-state index contributed by atoms with van der Waals surface area (Å²) >= 11 is 12.8. The van der Waals surface area contributed by atoms with Crippen LogP contribution in [-0.2, 0) is 26.2 Å². The highest BCUT2D eigenvalue weighted by Gasteiger charge is 2.36. The molecule has 1 unspecified atom stereocenters. The molecule has 3 aromatic rings. The number of sulfonamides is 1. The van der Waals surface area contributed by atoms with Gasteiger partial charge in [-0.05, 0) is 62.1 Å². The molecule has 0 bridgehead atoms. The molecule has 1 N–H and O–H groups in total. The van der Waals surface area contributed by atoms with Crippen molar-refractivity contribution in [3.05, 3.63) is 92.0 Å². The van der Waals surface area contributed by atoms with E-state index in [2.05, 4.69) is 5.32 Å². The highest BCUT2D eigenvalue weighted by atomic mass is 35.5. The van der Waals surface area contributed by atoms with Gasteiger partial charge in [-0.25, -0.2) is 8.42 Å². The number of benzene rings is 3. The maximum Gasteiger partial charge on any atom is 0.273 e. The summed E-state index contributed by atoms with van der Waals surface area (Å²) < 4.78 is 34.9. The summed E-state index contributed by atoms with van der Waals surface area (Å²) in [6.45, 7) is 2.40. The molecule has 0 saturated heterocycles. The standard InChI is InChI=1S/C32H36Cl2N4O7S/c1-4-27(32(40)35-24-10-6-7-11-24)36(19-22-9-5-8-12-26(22)34)31(39)20-37(29-17-23(33)14-16-30(29)45-3)46(43,44)25-15-13-21(2)28(18-25)38(41)42/h5,8-9,12-18,24,27H,4,6-7,10-11,19-20H2,1-3H3,(H,35,40). The SMILES string of the molecule is CCC(C(=O)NC1CCCC1)N(Cc1ccccc1Cl)C(=O)CN(c1cc(Cl)ccc1OC)S(=O)(=O)c1ccc(C)c([N+](=O)[O-])c1. The van der Waals surface area contributed by atoms with Crippen molar-refractivity contribution in [2.75, 3.05) is 18.0 Å². The van der Waals surface area contributed by atoms with Gasteiger partial charge in [0.25, 0.3) is 15.7 Å². The van der Waals surface area contributed by atoms with Gasteiger partial charge in [-0.2, -0.15) is 0 Å². The third kappa shape index (κ3) is 7.91.